The Kier molecular flexibility index (Phi) is 3.79. The van der Waals surface area contributed by atoms with E-state index >= 15 is 0 Å². The molecule has 0 spiro atoms. The fraction of sp³-hybridized carbons (Fsp3) is 0.571. The number of rotatable bonds is 2. The Balaban J connectivity index is 2.12. The first kappa shape index (κ1) is 12.9. The number of piperidine rings is 1. The maximum atomic E-state index is 3.48. The zero-order chi connectivity index (χ0) is 12.5. The van der Waals surface area contributed by atoms with E-state index in [0.717, 1.165) is 17.6 Å². The van der Waals surface area contributed by atoms with E-state index in [1.165, 1.54) is 12.1 Å². The molecule has 2 rings (SSSR count). The molecule has 1 fully saturated rings. The quantitative estimate of drug-likeness (QED) is 0.901. The summed E-state index contributed by atoms with van der Waals surface area (Å²) in [6, 6.07) is 9.16. The smallest absolute Gasteiger partial charge is 0.0367 e. The lowest BCUT2D eigenvalue weighted by atomic mass is 9.78. The lowest BCUT2D eigenvalue weighted by Gasteiger charge is -2.44. The van der Waals surface area contributed by atoms with Crippen molar-refractivity contribution in [1.82, 2.24) is 5.32 Å². The molecule has 1 heterocycles. The van der Waals surface area contributed by atoms with Crippen LogP contribution in [-0.4, -0.2) is 26.2 Å². The fourth-order valence-corrected chi connectivity index (χ4v) is 2.79. The highest BCUT2D eigenvalue weighted by atomic mass is 79.9. The fourth-order valence-electron chi connectivity index (χ4n) is 2.52. The van der Waals surface area contributed by atoms with Crippen LogP contribution in [0.3, 0.4) is 0 Å². The minimum absolute atomic E-state index is 0.389. The molecule has 0 bridgehead atoms. The van der Waals surface area contributed by atoms with Gasteiger partial charge >= 0.3 is 0 Å². The van der Waals surface area contributed by atoms with Crippen molar-refractivity contribution in [1.29, 1.82) is 0 Å². The molecule has 1 aliphatic heterocycles. The molecule has 1 unspecified atom stereocenters. The Bertz CT molecular complexity index is 372. The van der Waals surface area contributed by atoms with Gasteiger partial charge in [-0.2, -0.15) is 0 Å². The van der Waals surface area contributed by atoms with Crippen molar-refractivity contribution in [3.05, 3.63) is 28.7 Å². The van der Waals surface area contributed by atoms with Gasteiger partial charge in [0.05, 0.1) is 0 Å². The highest BCUT2D eigenvalue weighted by Crippen LogP contribution is 2.32. The second-order valence-corrected chi connectivity index (χ2v) is 6.42. The molecule has 94 valence electrons. The van der Waals surface area contributed by atoms with Crippen LogP contribution < -0.4 is 10.2 Å². The number of hydrogen-bond acceptors (Lipinski definition) is 2. The van der Waals surface area contributed by atoms with E-state index in [-0.39, 0.29) is 0 Å². The lowest BCUT2D eigenvalue weighted by Crippen LogP contribution is -2.54. The van der Waals surface area contributed by atoms with Crippen LogP contribution in [0.4, 0.5) is 5.69 Å². The van der Waals surface area contributed by atoms with Gasteiger partial charge in [-0.05, 0) is 43.1 Å². The Morgan fingerprint density at radius 2 is 1.94 bits per heavy atom. The van der Waals surface area contributed by atoms with Crippen LogP contribution in [0.15, 0.2) is 28.7 Å². The molecule has 0 amide bonds. The van der Waals surface area contributed by atoms with Crippen LogP contribution >= 0.6 is 15.9 Å². The molecule has 17 heavy (non-hydrogen) atoms. The second-order valence-electron chi connectivity index (χ2n) is 5.50. The van der Waals surface area contributed by atoms with Crippen molar-refractivity contribution in [2.45, 2.75) is 26.3 Å². The summed E-state index contributed by atoms with van der Waals surface area (Å²) >= 11 is 3.48. The van der Waals surface area contributed by atoms with Gasteiger partial charge in [0.15, 0.2) is 0 Å². The van der Waals surface area contributed by atoms with Gasteiger partial charge in [0.2, 0.25) is 0 Å². The SMILES string of the molecule is CNC1CN(c2ccc(Br)cc2)CCC1(C)C. The van der Waals surface area contributed by atoms with Crippen molar-refractivity contribution in [2.75, 3.05) is 25.0 Å². The number of nitrogens with zero attached hydrogens (tertiary/aromatic N) is 1. The number of halogens is 1. The zero-order valence-electron chi connectivity index (χ0n) is 10.8. The number of benzene rings is 1. The van der Waals surface area contributed by atoms with E-state index in [1.54, 1.807) is 0 Å². The Morgan fingerprint density at radius 1 is 1.29 bits per heavy atom. The average molecular weight is 297 g/mol. The van der Waals surface area contributed by atoms with Crippen molar-refractivity contribution >= 4 is 21.6 Å². The first-order chi connectivity index (χ1) is 8.03. The van der Waals surface area contributed by atoms with E-state index in [1.807, 2.05) is 0 Å². The number of hydrogen-bond donors (Lipinski definition) is 1. The Hall–Kier alpha value is -0.540. The molecule has 1 atom stereocenters. The summed E-state index contributed by atoms with van der Waals surface area (Å²) in [5.74, 6) is 0. The monoisotopic (exact) mass is 296 g/mol. The third kappa shape index (κ3) is 2.83. The van der Waals surface area contributed by atoms with Gasteiger partial charge in [0, 0.05) is 29.3 Å². The molecule has 1 N–H and O–H groups in total. The average Bonchev–Trinajstić information content (AvgIpc) is 2.30. The van der Waals surface area contributed by atoms with Crippen LogP contribution in [0.1, 0.15) is 20.3 Å². The minimum atomic E-state index is 0.389. The van der Waals surface area contributed by atoms with Gasteiger partial charge in [0.25, 0.3) is 0 Å². The van der Waals surface area contributed by atoms with Gasteiger partial charge in [-0.25, -0.2) is 0 Å². The van der Waals surface area contributed by atoms with Crippen molar-refractivity contribution in [3.63, 3.8) is 0 Å². The third-order valence-electron chi connectivity index (χ3n) is 3.91. The second kappa shape index (κ2) is 4.99. The normalized spacial score (nSPS) is 23.8. The maximum Gasteiger partial charge on any atom is 0.0367 e. The molecule has 0 radical (unpaired) electrons. The summed E-state index contributed by atoms with van der Waals surface area (Å²) in [7, 11) is 2.07. The number of anilines is 1. The van der Waals surface area contributed by atoms with E-state index in [4.69, 9.17) is 0 Å². The number of likely N-dealkylation sites (N-methyl/N-ethyl adjacent to an activating group) is 1. The lowest BCUT2D eigenvalue weighted by molar-refractivity contribution is 0.208. The minimum Gasteiger partial charge on any atom is -0.370 e. The van der Waals surface area contributed by atoms with Crippen molar-refractivity contribution in [2.24, 2.45) is 5.41 Å². The third-order valence-corrected chi connectivity index (χ3v) is 4.44. The van der Waals surface area contributed by atoms with E-state index < -0.39 is 0 Å². The molecule has 2 nitrogen and oxygen atoms in total. The summed E-state index contributed by atoms with van der Waals surface area (Å²) in [5, 5.41) is 3.45. The first-order valence-electron chi connectivity index (χ1n) is 6.21. The predicted molar refractivity (Wildman–Crippen MR) is 77.6 cm³/mol. The standard InChI is InChI=1S/C14H21BrN2/c1-14(2)8-9-17(10-13(14)16-3)12-6-4-11(15)5-7-12/h4-7,13,16H,8-10H2,1-3H3. The molecule has 1 saturated heterocycles. The summed E-state index contributed by atoms with van der Waals surface area (Å²) in [6.07, 6.45) is 1.23. The van der Waals surface area contributed by atoms with E-state index in [9.17, 15) is 0 Å². The van der Waals surface area contributed by atoms with Gasteiger partial charge in [-0.1, -0.05) is 29.8 Å². The first-order valence-corrected chi connectivity index (χ1v) is 7.00. The molecule has 0 aliphatic carbocycles. The topological polar surface area (TPSA) is 15.3 Å². The molecule has 0 saturated carbocycles. The molecule has 0 aromatic heterocycles. The number of nitrogens with one attached hydrogen (secondary N) is 1. The molecule has 3 heteroatoms. The molecule has 1 aliphatic rings. The van der Waals surface area contributed by atoms with Crippen LogP contribution in [-0.2, 0) is 0 Å². The maximum absolute atomic E-state index is 3.48. The van der Waals surface area contributed by atoms with Gasteiger partial charge in [0.1, 0.15) is 0 Å². The van der Waals surface area contributed by atoms with Gasteiger partial charge in [-0.3, -0.25) is 0 Å². The van der Waals surface area contributed by atoms with Crippen LogP contribution in [0.25, 0.3) is 0 Å². The van der Waals surface area contributed by atoms with Crippen molar-refractivity contribution in [3.8, 4) is 0 Å². The molecular weight excluding hydrogens is 276 g/mol. The summed E-state index contributed by atoms with van der Waals surface area (Å²) in [4.78, 5) is 2.47. The summed E-state index contributed by atoms with van der Waals surface area (Å²) in [5.41, 5.74) is 1.71. The predicted octanol–water partition coefficient (Wildman–Crippen LogP) is 3.27. The molecular formula is C14H21BrN2. The largest absolute Gasteiger partial charge is 0.370 e. The van der Waals surface area contributed by atoms with E-state index in [0.29, 0.717) is 11.5 Å². The van der Waals surface area contributed by atoms with Crippen molar-refractivity contribution < 1.29 is 0 Å². The van der Waals surface area contributed by atoms with Crippen LogP contribution in [0.5, 0.6) is 0 Å². The van der Waals surface area contributed by atoms with Gasteiger partial charge in [-0.15, -0.1) is 0 Å². The summed E-state index contributed by atoms with van der Waals surface area (Å²) in [6.45, 7) is 6.94. The Labute approximate surface area is 113 Å². The molecule has 1 aromatic carbocycles. The molecule has 1 aromatic rings. The van der Waals surface area contributed by atoms with Gasteiger partial charge < -0.3 is 10.2 Å². The summed E-state index contributed by atoms with van der Waals surface area (Å²) < 4.78 is 1.14. The zero-order valence-corrected chi connectivity index (χ0v) is 12.4. The van der Waals surface area contributed by atoms with E-state index in [2.05, 4.69) is 71.3 Å². The Morgan fingerprint density at radius 3 is 2.53 bits per heavy atom. The van der Waals surface area contributed by atoms with Crippen LogP contribution in [0, 0.1) is 5.41 Å². The highest BCUT2D eigenvalue weighted by Gasteiger charge is 2.34. The highest BCUT2D eigenvalue weighted by molar-refractivity contribution is 9.10. The van der Waals surface area contributed by atoms with Crippen LogP contribution in [0.2, 0.25) is 0 Å².